The lowest BCUT2D eigenvalue weighted by atomic mass is 9.91. The van der Waals surface area contributed by atoms with Crippen LogP contribution in [0.4, 0.5) is 0 Å². The highest BCUT2D eigenvalue weighted by Gasteiger charge is 2.15. The van der Waals surface area contributed by atoms with Gasteiger partial charge in [-0.25, -0.2) is 0 Å². The lowest BCUT2D eigenvalue weighted by Crippen LogP contribution is -1.92. The molecule has 2 aromatic carbocycles. The lowest BCUT2D eigenvalue weighted by Gasteiger charge is -2.15. The molecule has 17 heavy (non-hydrogen) atoms. The van der Waals surface area contributed by atoms with Gasteiger partial charge in [0.2, 0.25) is 0 Å². The maximum absolute atomic E-state index is 9.92. The van der Waals surface area contributed by atoms with E-state index in [9.17, 15) is 10.2 Å². The molecular formula is C15H16O2. The van der Waals surface area contributed by atoms with Crippen LogP contribution in [0, 0.1) is 20.8 Å². The van der Waals surface area contributed by atoms with Crippen LogP contribution < -0.4 is 0 Å². The third-order valence-electron chi connectivity index (χ3n) is 3.21. The van der Waals surface area contributed by atoms with E-state index in [1.807, 2.05) is 32.9 Å². The molecule has 2 heteroatoms. The second kappa shape index (κ2) is 4.13. The number of phenols is 2. The molecular weight excluding hydrogens is 212 g/mol. The number of benzene rings is 2. The van der Waals surface area contributed by atoms with Crippen molar-refractivity contribution in [3.8, 4) is 22.6 Å². The molecule has 0 saturated heterocycles. The zero-order chi connectivity index (χ0) is 12.6. The lowest BCUT2D eigenvalue weighted by molar-refractivity contribution is 0.454. The Hall–Kier alpha value is -1.96. The van der Waals surface area contributed by atoms with Gasteiger partial charge in [0.1, 0.15) is 11.5 Å². The van der Waals surface area contributed by atoms with Crippen molar-refractivity contribution < 1.29 is 10.2 Å². The molecule has 2 rings (SSSR count). The van der Waals surface area contributed by atoms with Gasteiger partial charge in [0.05, 0.1) is 5.56 Å². The van der Waals surface area contributed by atoms with E-state index >= 15 is 0 Å². The summed E-state index contributed by atoms with van der Waals surface area (Å²) < 4.78 is 0. The zero-order valence-corrected chi connectivity index (χ0v) is 10.3. The van der Waals surface area contributed by atoms with Gasteiger partial charge in [-0.2, -0.15) is 0 Å². The van der Waals surface area contributed by atoms with Crippen molar-refractivity contribution in [3.05, 3.63) is 47.0 Å². The van der Waals surface area contributed by atoms with Crippen LogP contribution in [-0.2, 0) is 0 Å². The molecule has 0 radical (unpaired) electrons. The van der Waals surface area contributed by atoms with E-state index in [1.54, 1.807) is 18.2 Å². The molecule has 0 atom stereocenters. The predicted octanol–water partition coefficient (Wildman–Crippen LogP) is 3.69. The van der Waals surface area contributed by atoms with Crippen LogP contribution in [0.1, 0.15) is 16.7 Å². The molecule has 0 aliphatic rings. The van der Waals surface area contributed by atoms with Crippen molar-refractivity contribution in [2.45, 2.75) is 20.8 Å². The Bertz CT molecular complexity index is 551. The highest BCUT2D eigenvalue weighted by Crippen LogP contribution is 2.40. The minimum atomic E-state index is 0.113. The van der Waals surface area contributed by atoms with E-state index in [0.717, 1.165) is 22.3 Å². The van der Waals surface area contributed by atoms with Crippen molar-refractivity contribution in [2.24, 2.45) is 0 Å². The number of phenolic OH excluding ortho intramolecular Hbond substituents is 2. The van der Waals surface area contributed by atoms with E-state index in [2.05, 4.69) is 0 Å². The zero-order valence-electron chi connectivity index (χ0n) is 10.3. The Morgan fingerprint density at radius 2 is 1.24 bits per heavy atom. The molecule has 2 nitrogen and oxygen atoms in total. The molecule has 88 valence electrons. The fraction of sp³-hybridized carbons (Fsp3) is 0.200. The maximum Gasteiger partial charge on any atom is 0.127 e. The van der Waals surface area contributed by atoms with Gasteiger partial charge in [-0.15, -0.1) is 0 Å². The van der Waals surface area contributed by atoms with Gasteiger partial charge in [0.15, 0.2) is 0 Å². The number of rotatable bonds is 1. The predicted molar refractivity (Wildman–Crippen MR) is 69.4 cm³/mol. The van der Waals surface area contributed by atoms with Crippen LogP contribution in [-0.4, -0.2) is 10.2 Å². The van der Waals surface area contributed by atoms with E-state index in [-0.39, 0.29) is 11.5 Å². The van der Waals surface area contributed by atoms with E-state index < -0.39 is 0 Å². The average molecular weight is 228 g/mol. The van der Waals surface area contributed by atoms with Crippen molar-refractivity contribution in [3.63, 3.8) is 0 Å². The molecule has 2 N–H and O–H groups in total. The highest BCUT2D eigenvalue weighted by molar-refractivity contribution is 5.81. The van der Waals surface area contributed by atoms with Gasteiger partial charge >= 0.3 is 0 Å². The van der Waals surface area contributed by atoms with Crippen LogP contribution in [0.5, 0.6) is 11.5 Å². The first-order valence-corrected chi connectivity index (χ1v) is 5.60. The summed E-state index contributed by atoms with van der Waals surface area (Å²) in [4.78, 5) is 0. The number of hydrogen-bond acceptors (Lipinski definition) is 2. The molecule has 0 aromatic heterocycles. The van der Waals surface area contributed by atoms with Crippen molar-refractivity contribution in [2.75, 3.05) is 0 Å². The van der Waals surface area contributed by atoms with Crippen molar-refractivity contribution in [1.29, 1.82) is 0 Å². The Kier molecular flexibility index (Phi) is 2.80. The van der Waals surface area contributed by atoms with Crippen LogP contribution in [0.2, 0.25) is 0 Å². The molecule has 0 spiro atoms. The Labute approximate surface area is 101 Å². The van der Waals surface area contributed by atoms with Crippen molar-refractivity contribution >= 4 is 0 Å². The van der Waals surface area contributed by atoms with Gasteiger partial charge in [0.25, 0.3) is 0 Å². The van der Waals surface area contributed by atoms with E-state index in [4.69, 9.17) is 0 Å². The molecule has 0 unspecified atom stereocenters. The summed E-state index contributed by atoms with van der Waals surface area (Å²) in [7, 11) is 0. The number of aromatic hydroxyl groups is 2. The van der Waals surface area contributed by atoms with Crippen LogP contribution in [0.25, 0.3) is 11.1 Å². The normalized spacial score (nSPS) is 10.5. The van der Waals surface area contributed by atoms with Gasteiger partial charge < -0.3 is 10.2 Å². The quantitative estimate of drug-likeness (QED) is 0.781. The summed E-state index contributed by atoms with van der Waals surface area (Å²) in [5, 5.41) is 19.8. The van der Waals surface area contributed by atoms with Gasteiger partial charge in [-0.05, 0) is 55.2 Å². The minimum absolute atomic E-state index is 0.113. The first-order chi connectivity index (χ1) is 8.02. The first-order valence-electron chi connectivity index (χ1n) is 5.60. The first kappa shape index (κ1) is 11.5. The molecule has 2 aromatic rings. The third-order valence-corrected chi connectivity index (χ3v) is 3.21. The summed E-state index contributed by atoms with van der Waals surface area (Å²) >= 11 is 0. The second-order valence-electron chi connectivity index (χ2n) is 4.37. The highest BCUT2D eigenvalue weighted by atomic mass is 16.3. The topological polar surface area (TPSA) is 40.5 Å². The molecule has 0 amide bonds. The van der Waals surface area contributed by atoms with Crippen molar-refractivity contribution in [1.82, 2.24) is 0 Å². The van der Waals surface area contributed by atoms with Crippen LogP contribution >= 0.6 is 0 Å². The van der Waals surface area contributed by atoms with E-state index in [1.165, 1.54) is 0 Å². The molecule has 0 saturated carbocycles. The average Bonchev–Trinajstić information content (AvgIpc) is 2.28. The summed E-state index contributed by atoms with van der Waals surface area (Å²) in [5.74, 6) is 0.226. The molecule has 0 aliphatic heterocycles. The summed E-state index contributed by atoms with van der Waals surface area (Å²) in [6, 6.07) is 8.87. The van der Waals surface area contributed by atoms with Gasteiger partial charge in [-0.1, -0.05) is 18.2 Å². The van der Waals surface area contributed by atoms with Crippen LogP contribution in [0.3, 0.4) is 0 Å². The largest absolute Gasteiger partial charge is 0.507 e. The molecule has 0 fully saturated rings. The smallest absolute Gasteiger partial charge is 0.127 e. The Balaban J connectivity index is 2.82. The SMILES string of the molecule is Cc1ccc(C)c(-c2c(O)cccc2O)c1C. The summed E-state index contributed by atoms with van der Waals surface area (Å²) in [6.07, 6.45) is 0. The standard InChI is InChI=1S/C15H16O2/c1-9-7-8-10(2)14(11(9)3)15-12(16)5-4-6-13(15)17/h4-8,16-17H,1-3H3. The van der Waals surface area contributed by atoms with E-state index in [0.29, 0.717) is 5.56 Å². The summed E-state index contributed by atoms with van der Waals surface area (Å²) in [5.41, 5.74) is 4.71. The maximum atomic E-state index is 9.92. The van der Waals surface area contributed by atoms with Gasteiger partial charge in [-0.3, -0.25) is 0 Å². The van der Waals surface area contributed by atoms with Crippen LogP contribution in [0.15, 0.2) is 30.3 Å². The minimum Gasteiger partial charge on any atom is -0.507 e. The van der Waals surface area contributed by atoms with Gasteiger partial charge in [0, 0.05) is 0 Å². The third kappa shape index (κ3) is 1.86. The fourth-order valence-corrected chi connectivity index (χ4v) is 2.12. The summed E-state index contributed by atoms with van der Waals surface area (Å²) in [6.45, 7) is 6.01. The number of aryl methyl sites for hydroxylation is 2. The molecule has 0 heterocycles. The molecule has 0 aliphatic carbocycles. The number of hydrogen-bond donors (Lipinski definition) is 2. The monoisotopic (exact) mass is 228 g/mol. The fourth-order valence-electron chi connectivity index (χ4n) is 2.12. The second-order valence-corrected chi connectivity index (χ2v) is 4.37. The Morgan fingerprint density at radius 1 is 0.706 bits per heavy atom. The Morgan fingerprint density at radius 3 is 1.82 bits per heavy atom. The molecule has 0 bridgehead atoms.